The zero-order valence-corrected chi connectivity index (χ0v) is 22.6. The Morgan fingerprint density at radius 1 is 0.837 bits per heavy atom. The topological polar surface area (TPSA) is 146 Å². The molecule has 0 radical (unpaired) electrons. The van der Waals surface area contributed by atoms with Gasteiger partial charge < -0.3 is 33.3 Å². The van der Waals surface area contributed by atoms with Crippen molar-refractivity contribution in [3.63, 3.8) is 0 Å². The van der Waals surface area contributed by atoms with Crippen LogP contribution < -0.4 is 20.7 Å². The fraction of sp³-hybridized carbons (Fsp3) is 0.121. The van der Waals surface area contributed by atoms with E-state index >= 15 is 0 Å². The molecular weight excluding hydrogens is 556 g/mol. The van der Waals surface area contributed by atoms with Crippen LogP contribution in [-0.4, -0.2) is 29.6 Å². The Labute approximate surface area is 242 Å². The molecular formula is C33H22O10. The minimum atomic E-state index is -1.16. The SMILES string of the molecule is COc1cccc2oc(=O)cc(CC3=CC4=C(O)c5cc(Cc6cc(=O)oc7c(O)cccc67)ccc5OC4OC3=O)c12. The zero-order chi connectivity index (χ0) is 29.8. The molecule has 0 saturated carbocycles. The Balaban J connectivity index is 1.27. The number of esters is 1. The molecule has 10 nitrogen and oxygen atoms in total. The molecule has 5 aromatic rings. The fourth-order valence-corrected chi connectivity index (χ4v) is 5.57. The molecule has 0 aliphatic carbocycles. The lowest BCUT2D eigenvalue weighted by atomic mass is 9.94. The monoisotopic (exact) mass is 578 g/mol. The highest BCUT2D eigenvalue weighted by Crippen LogP contribution is 2.40. The van der Waals surface area contributed by atoms with E-state index in [1.54, 1.807) is 48.5 Å². The lowest BCUT2D eigenvalue weighted by molar-refractivity contribution is -0.155. The second-order valence-corrected chi connectivity index (χ2v) is 10.2. The number of methoxy groups -OCH3 is 1. The van der Waals surface area contributed by atoms with Crippen molar-refractivity contribution in [2.45, 2.75) is 19.1 Å². The number of carbonyl (C=O) groups excluding carboxylic acids is 1. The van der Waals surface area contributed by atoms with Gasteiger partial charge in [-0.3, -0.25) is 0 Å². The maximum Gasteiger partial charge on any atom is 0.337 e. The fourth-order valence-electron chi connectivity index (χ4n) is 5.57. The van der Waals surface area contributed by atoms with Crippen LogP contribution in [0, 0.1) is 0 Å². The summed E-state index contributed by atoms with van der Waals surface area (Å²) < 4.78 is 27.4. The van der Waals surface area contributed by atoms with E-state index in [0.717, 1.165) is 5.56 Å². The third-order valence-electron chi connectivity index (χ3n) is 7.51. The molecule has 10 heteroatoms. The van der Waals surface area contributed by atoms with E-state index < -0.39 is 23.5 Å². The number of rotatable bonds is 5. The molecule has 2 aliphatic heterocycles. The summed E-state index contributed by atoms with van der Waals surface area (Å²) in [7, 11) is 1.50. The van der Waals surface area contributed by atoms with E-state index in [1.165, 1.54) is 31.4 Å². The molecule has 0 fully saturated rings. The van der Waals surface area contributed by atoms with E-state index in [1.807, 2.05) is 0 Å². The first kappa shape index (κ1) is 26.1. The van der Waals surface area contributed by atoms with Gasteiger partial charge in [-0.1, -0.05) is 24.3 Å². The number of fused-ring (bicyclic) bond motifs is 4. The van der Waals surface area contributed by atoms with E-state index in [-0.39, 0.29) is 34.7 Å². The number of benzene rings is 3. The molecule has 43 heavy (non-hydrogen) atoms. The number of phenolic OH excluding ortho intramolecular Hbond substituents is 1. The Morgan fingerprint density at radius 2 is 1.63 bits per heavy atom. The van der Waals surface area contributed by atoms with Crippen LogP contribution in [0.15, 0.2) is 102 Å². The first-order valence-corrected chi connectivity index (χ1v) is 13.3. The summed E-state index contributed by atoms with van der Waals surface area (Å²) in [6.45, 7) is 0. The number of aliphatic hydroxyl groups is 1. The quantitative estimate of drug-likeness (QED) is 0.218. The predicted molar refractivity (Wildman–Crippen MR) is 154 cm³/mol. The van der Waals surface area contributed by atoms with Crippen molar-refractivity contribution in [3.8, 4) is 17.2 Å². The standard InChI is InChI=1S/C33H22O10/c1-39-25-6-3-7-26-29(25)18(15-27(35)40-26)12-19-13-22-30(37)21-11-16(8-9-24(21)41-33(22)43-32(19)38)10-17-14-28(36)42-31-20(17)4-2-5-23(31)34/h2-9,11,13-15,33-34,37H,10,12H2,1H3. The summed E-state index contributed by atoms with van der Waals surface area (Å²) in [6.07, 6.45) is 0.656. The number of aromatic hydroxyl groups is 1. The molecule has 0 saturated heterocycles. The van der Waals surface area contributed by atoms with E-state index in [2.05, 4.69) is 0 Å². The summed E-state index contributed by atoms with van der Waals surface area (Å²) in [6, 6.07) is 17.7. The van der Waals surface area contributed by atoms with Crippen LogP contribution in [0.25, 0.3) is 27.7 Å². The highest BCUT2D eigenvalue weighted by molar-refractivity contribution is 5.95. The van der Waals surface area contributed by atoms with Crippen LogP contribution in [0.5, 0.6) is 17.2 Å². The lowest BCUT2D eigenvalue weighted by Gasteiger charge is -2.30. The van der Waals surface area contributed by atoms with Crippen molar-refractivity contribution in [3.05, 3.63) is 127 Å². The summed E-state index contributed by atoms with van der Waals surface area (Å²) in [4.78, 5) is 37.5. The number of carbonyl (C=O) groups is 1. The molecule has 1 unspecified atom stereocenters. The van der Waals surface area contributed by atoms with Crippen molar-refractivity contribution in [1.82, 2.24) is 0 Å². The molecule has 1 atom stereocenters. The van der Waals surface area contributed by atoms with Crippen molar-refractivity contribution in [1.29, 1.82) is 0 Å². The van der Waals surface area contributed by atoms with Crippen LogP contribution in [0.2, 0.25) is 0 Å². The second-order valence-electron chi connectivity index (χ2n) is 10.2. The molecule has 2 N–H and O–H groups in total. The Bertz CT molecular complexity index is 2170. The number of phenols is 1. The average molecular weight is 579 g/mol. The molecule has 214 valence electrons. The molecule has 2 aromatic heterocycles. The van der Waals surface area contributed by atoms with Gasteiger partial charge in [-0.15, -0.1) is 0 Å². The summed E-state index contributed by atoms with van der Waals surface area (Å²) in [5, 5.41) is 22.6. The minimum absolute atomic E-state index is 0.00815. The van der Waals surface area contributed by atoms with Gasteiger partial charge in [0.15, 0.2) is 11.3 Å². The zero-order valence-electron chi connectivity index (χ0n) is 22.6. The summed E-state index contributed by atoms with van der Waals surface area (Å²) in [5.74, 6) is -0.145. The molecule has 2 aliphatic rings. The van der Waals surface area contributed by atoms with Gasteiger partial charge in [0.05, 0.1) is 23.6 Å². The number of hydrogen-bond donors (Lipinski definition) is 2. The lowest BCUT2D eigenvalue weighted by Crippen LogP contribution is -2.34. The van der Waals surface area contributed by atoms with Gasteiger partial charge in [-0.25, -0.2) is 14.4 Å². The Hall–Kier alpha value is -5.77. The average Bonchev–Trinajstić information content (AvgIpc) is 2.98. The molecule has 0 amide bonds. The first-order chi connectivity index (χ1) is 20.8. The van der Waals surface area contributed by atoms with Gasteiger partial charge >= 0.3 is 17.2 Å². The van der Waals surface area contributed by atoms with Gasteiger partial charge in [-0.2, -0.15) is 0 Å². The van der Waals surface area contributed by atoms with Gasteiger partial charge in [0.25, 0.3) is 6.29 Å². The van der Waals surface area contributed by atoms with Crippen LogP contribution in [0.4, 0.5) is 0 Å². The van der Waals surface area contributed by atoms with E-state index in [4.69, 9.17) is 23.0 Å². The summed E-state index contributed by atoms with van der Waals surface area (Å²) >= 11 is 0. The molecule has 0 spiro atoms. The van der Waals surface area contributed by atoms with Gasteiger partial charge in [-0.05, 0) is 59.5 Å². The van der Waals surface area contributed by atoms with E-state index in [9.17, 15) is 24.6 Å². The van der Waals surface area contributed by atoms with Gasteiger partial charge in [0.1, 0.15) is 22.8 Å². The van der Waals surface area contributed by atoms with Crippen molar-refractivity contribution in [2.24, 2.45) is 0 Å². The normalized spacial score (nSPS) is 15.9. The van der Waals surface area contributed by atoms with Crippen LogP contribution in [0.3, 0.4) is 0 Å². The van der Waals surface area contributed by atoms with Crippen LogP contribution >= 0.6 is 0 Å². The third-order valence-corrected chi connectivity index (χ3v) is 7.51. The molecule has 0 bridgehead atoms. The third kappa shape index (κ3) is 4.49. The highest BCUT2D eigenvalue weighted by Gasteiger charge is 2.36. The van der Waals surface area contributed by atoms with Crippen molar-refractivity contribution < 1.29 is 38.1 Å². The molecule has 4 heterocycles. The first-order valence-electron chi connectivity index (χ1n) is 13.3. The Kier molecular flexibility index (Phi) is 6.05. The maximum atomic E-state index is 13.0. The summed E-state index contributed by atoms with van der Waals surface area (Å²) in [5.41, 5.74) is 1.92. The largest absolute Gasteiger partial charge is 0.507 e. The van der Waals surface area contributed by atoms with Gasteiger partial charge in [0, 0.05) is 29.5 Å². The van der Waals surface area contributed by atoms with Crippen LogP contribution in [-0.2, 0) is 22.4 Å². The molecule has 3 aromatic carbocycles. The van der Waals surface area contributed by atoms with E-state index in [0.29, 0.717) is 51.0 Å². The number of para-hydroxylation sites is 1. The van der Waals surface area contributed by atoms with Crippen molar-refractivity contribution >= 4 is 33.7 Å². The number of hydrogen-bond acceptors (Lipinski definition) is 10. The van der Waals surface area contributed by atoms with Crippen molar-refractivity contribution in [2.75, 3.05) is 7.11 Å². The predicted octanol–water partition coefficient (Wildman–Crippen LogP) is 4.92. The Morgan fingerprint density at radius 3 is 2.47 bits per heavy atom. The highest BCUT2D eigenvalue weighted by atomic mass is 16.7. The number of ether oxygens (including phenoxy) is 3. The smallest absolute Gasteiger partial charge is 0.337 e. The number of aliphatic hydroxyl groups excluding tert-OH is 1. The van der Waals surface area contributed by atoms with Crippen LogP contribution in [0.1, 0.15) is 22.3 Å². The molecule has 7 rings (SSSR count). The maximum absolute atomic E-state index is 13.0. The van der Waals surface area contributed by atoms with Gasteiger partial charge in [0.2, 0.25) is 0 Å². The minimum Gasteiger partial charge on any atom is -0.507 e. The second kappa shape index (κ2) is 9.95.